The number of halogens is 1. The minimum absolute atomic E-state index is 0.0416. The molecule has 0 saturated heterocycles. The zero-order valence-electron chi connectivity index (χ0n) is 18.5. The first kappa shape index (κ1) is 23.0. The molecule has 1 saturated carbocycles. The Balaban J connectivity index is 1.46. The second kappa shape index (κ2) is 10.1. The molecule has 0 atom stereocenters. The molecule has 0 amide bonds. The molecule has 0 radical (unpaired) electrons. The van der Waals surface area contributed by atoms with Crippen molar-refractivity contribution in [2.45, 2.75) is 65.5 Å². The third-order valence-corrected chi connectivity index (χ3v) is 6.17. The molecule has 1 aromatic carbocycles. The van der Waals surface area contributed by atoms with Gasteiger partial charge in [-0.05, 0) is 86.7 Å². The molecule has 164 valence electrons. The van der Waals surface area contributed by atoms with E-state index in [4.69, 9.17) is 14.6 Å². The third-order valence-electron chi connectivity index (χ3n) is 5.62. The van der Waals surface area contributed by atoms with Crippen molar-refractivity contribution in [1.29, 1.82) is 0 Å². The lowest BCUT2D eigenvalue weighted by Gasteiger charge is -2.28. The van der Waals surface area contributed by atoms with Gasteiger partial charge in [-0.2, -0.15) is 5.10 Å². The monoisotopic (exact) mass is 476 g/mol. The van der Waals surface area contributed by atoms with E-state index in [-0.39, 0.29) is 12.6 Å². The van der Waals surface area contributed by atoms with Gasteiger partial charge in [0, 0.05) is 17.8 Å². The molecule has 0 unspecified atom stereocenters. The van der Waals surface area contributed by atoms with Crippen LogP contribution in [0.2, 0.25) is 0 Å². The van der Waals surface area contributed by atoms with Crippen LogP contribution in [0.15, 0.2) is 34.9 Å². The number of rotatable bonds is 7. The number of ether oxygens (including phenoxy) is 2. The second-order valence-electron chi connectivity index (χ2n) is 9.29. The van der Waals surface area contributed by atoms with E-state index in [2.05, 4.69) is 51.8 Å². The molecular weight excluding hydrogens is 444 g/mol. The van der Waals surface area contributed by atoms with E-state index in [0.29, 0.717) is 18.4 Å². The van der Waals surface area contributed by atoms with Crippen LogP contribution in [0, 0.1) is 18.8 Å². The summed E-state index contributed by atoms with van der Waals surface area (Å²) in [5.41, 5.74) is 3.12. The van der Waals surface area contributed by atoms with Crippen molar-refractivity contribution >= 4 is 21.9 Å². The van der Waals surface area contributed by atoms with Crippen molar-refractivity contribution in [3.63, 3.8) is 0 Å². The highest BCUT2D eigenvalue weighted by molar-refractivity contribution is 9.10. The van der Waals surface area contributed by atoms with Crippen LogP contribution in [-0.4, -0.2) is 34.6 Å². The lowest BCUT2D eigenvalue weighted by molar-refractivity contribution is -0.160. The first-order valence-electron chi connectivity index (χ1n) is 10.8. The van der Waals surface area contributed by atoms with Gasteiger partial charge in [-0.25, -0.2) is 4.79 Å². The van der Waals surface area contributed by atoms with Gasteiger partial charge in [0.05, 0.1) is 6.61 Å². The average Bonchev–Trinajstić information content (AvgIpc) is 2.95. The zero-order chi connectivity index (χ0) is 21.7. The predicted octanol–water partition coefficient (Wildman–Crippen LogP) is 5.79. The van der Waals surface area contributed by atoms with Crippen LogP contribution in [0.5, 0.6) is 0 Å². The molecule has 1 aliphatic carbocycles. The molecule has 3 rings (SSSR count). The molecule has 0 spiro atoms. The van der Waals surface area contributed by atoms with Crippen molar-refractivity contribution < 1.29 is 14.3 Å². The van der Waals surface area contributed by atoms with Crippen LogP contribution in [0.3, 0.4) is 0 Å². The van der Waals surface area contributed by atoms with Gasteiger partial charge in [0.25, 0.3) is 0 Å². The van der Waals surface area contributed by atoms with Crippen molar-refractivity contribution in [3.8, 4) is 11.1 Å². The highest BCUT2D eigenvalue weighted by atomic mass is 79.9. The van der Waals surface area contributed by atoms with Gasteiger partial charge in [-0.1, -0.05) is 30.3 Å². The smallest absolute Gasteiger partial charge is 0.332 e. The Morgan fingerprint density at radius 3 is 2.40 bits per heavy atom. The maximum absolute atomic E-state index is 11.8. The summed E-state index contributed by atoms with van der Waals surface area (Å²) in [6.45, 7) is 9.38. The van der Waals surface area contributed by atoms with Crippen LogP contribution in [0.25, 0.3) is 11.1 Å². The van der Waals surface area contributed by atoms with E-state index in [9.17, 15) is 4.79 Å². The van der Waals surface area contributed by atoms with Gasteiger partial charge in [0.1, 0.15) is 16.8 Å². The number of hydrogen-bond acceptors (Lipinski definition) is 4. The first-order valence-corrected chi connectivity index (χ1v) is 11.6. The minimum atomic E-state index is -0.460. The number of benzene rings is 1. The van der Waals surface area contributed by atoms with Crippen molar-refractivity contribution in [2.75, 3.05) is 13.2 Å². The summed E-state index contributed by atoms with van der Waals surface area (Å²) >= 11 is 3.65. The number of carbonyl (C=O) groups excluding carboxylic acids is 1. The topological polar surface area (TPSA) is 53.4 Å². The number of nitrogens with zero attached hydrogens (tertiary/aromatic N) is 2. The molecule has 6 heteroatoms. The highest BCUT2D eigenvalue weighted by Crippen LogP contribution is 2.34. The van der Waals surface area contributed by atoms with Gasteiger partial charge in [0.2, 0.25) is 0 Å². The van der Waals surface area contributed by atoms with Gasteiger partial charge in [-0.3, -0.25) is 4.68 Å². The van der Waals surface area contributed by atoms with Crippen LogP contribution < -0.4 is 0 Å². The molecule has 1 fully saturated rings. The Morgan fingerprint density at radius 1 is 1.13 bits per heavy atom. The molecular formula is C24H33BrN2O3. The third kappa shape index (κ3) is 6.42. The SMILES string of the molecule is Cc1c(-c2ccccc2)c(Br)nn1C[C@H]1CC[C@@H](COCC(=O)OC(C)(C)C)CC1. The van der Waals surface area contributed by atoms with E-state index in [0.717, 1.165) is 36.8 Å². The molecule has 1 aromatic heterocycles. The quantitative estimate of drug-likeness (QED) is 0.474. The van der Waals surface area contributed by atoms with E-state index >= 15 is 0 Å². The fraction of sp³-hybridized carbons (Fsp3) is 0.583. The van der Waals surface area contributed by atoms with E-state index in [1.807, 2.05) is 26.8 Å². The Bertz CT molecular complexity index is 834. The maximum atomic E-state index is 11.8. The first-order chi connectivity index (χ1) is 14.2. The number of hydrogen-bond donors (Lipinski definition) is 0. The van der Waals surface area contributed by atoms with Crippen molar-refractivity contribution in [2.24, 2.45) is 11.8 Å². The summed E-state index contributed by atoms with van der Waals surface area (Å²) in [5.74, 6) is 0.861. The molecule has 0 bridgehead atoms. The molecule has 1 aliphatic rings. The molecule has 2 aromatic rings. The summed E-state index contributed by atoms with van der Waals surface area (Å²) in [6.07, 6.45) is 4.59. The van der Waals surface area contributed by atoms with E-state index in [1.165, 1.54) is 16.8 Å². The van der Waals surface area contributed by atoms with Crippen molar-refractivity contribution in [1.82, 2.24) is 9.78 Å². The summed E-state index contributed by atoms with van der Waals surface area (Å²) in [5, 5.41) is 4.76. The maximum Gasteiger partial charge on any atom is 0.332 e. The largest absolute Gasteiger partial charge is 0.458 e. The van der Waals surface area contributed by atoms with Gasteiger partial charge in [0.15, 0.2) is 0 Å². The van der Waals surface area contributed by atoms with Crippen molar-refractivity contribution in [3.05, 3.63) is 40.6 Å². The summed E-state index contributed by atoms with van der Waals surface area (Å²) in [7, 11) is 0. The number of aromatic nitrogens is 2. The lowest BCUT2D eigenvalue weighted by atomic mass is 9.82. The van der Waals surface area contributed by atoms with Crippen LogP contribution in [0.4, 0.5) is 0 Å². The average molecular weight is 477 g/mol. The summed E-state index contributed by atoms with van der Waals surface area (Å²) in [4.78, 5) is 11.8. The molecule has 0 N–H and O–H groups in total. The summed E-state index contributed by atoms with van der Waals surface area (Å²) in [6, 6.07) is 10.4. The fourth-order valence-electron chi connectivity index (χ4n) is 4.13. The summed E-state index contributed by atoms with van der Waals surface area (Å²) < 4.78 is 14.0. The molecule has 30 heavy (non-hydrogen) atoms. The predicted molar refractivity (Wildman–Crippen MR) is 122 cm³/mol. The molecule has 5 nitrogen and oxygen atoms in total. The van der Waals surface area contributed by atoms with Crippen LogP contribution >= 0.6 is 15.9 Å². The van der Waals surface area contributed by atoms with Crippen LogP contribution in [-0.2, 0) is 20.8 Å². The zero-order valence-corrected chi connectivity index (χ0v) is 20.1. The Morgan fingerprint density at radius 2 is 1.77 bits per heavy atom. The van der Waals surface area contributed by atoms with E-state index in [1.54, 1.807) is 0 Å². The van der Waals surface area contributed by atoms with Gasteiger partial charge < -0.3 is 9.47 Å². The highest BCUT2D eigenvalue weighted by Gasteiger charge is 2.24. The molecule has 0 aliphatic heterocycles. The Hall–Kier alpha value is -1.66. The van der Waals surface area contributed by atoms with Gasteiger partial charge in [-0.15, -0.1) is 0 Å². The fourth-order valence-corrected chi connectivity index (χ4v) is 4.83. The molecule has 1 heterocycles. The van der Waals surface area contributed by atoms with Gasteiger partial charge >= 0.3 is 5.97 Å². The second-order valence-corrected chi connectivity index (χ2v) is 10.0. The number of carbonyl (C=O) groups is 1. The Kier molecular flexibility index (Phi) is 7.75. The van der Waals surface area contributed by atoms with E-state index < -0.39 is 5.60 Å². The Labute approximate surface area is 188 Å². The normalized spacial score (nSPS) is 19.6. The minimum Gasteiger partial charge on any atom is -0.458 e. The van der Waals surface area contributed by atoms with Crippen LogP contribution in [0.1, 0.15) is 52.1 Å². The standard InChI is InChI=1S/C24H33BrN2O3/c1-17-22(20-8-6-5-7-9-20)23(25)26-27(17)14-18-10-12-19(13-11-18)15-29-16-21(28)30-24(2,3)4/h5-9,18-19H,10-16H2,1-4H3/t18-,19+. The lowest BCUT2D eigenvalue weighted by Crippen LogP contribution is -2.28. The number of esters is 1.